The first-order valence-electron chi connectivity index (χ1n) is 15.4. The summed E-state index contributed by atoms with van der Waals surface area (Å²) in [5.74, 6) is -3.29. The Morgan fingerprint density at radius 1 is 1.29 bits per heavy atom. The first-order chi connectivity index (χ1) is 24.0. The molecule has 0 saturated carbocycles. The minimum atomic E-state index is -5.28. The van der Waals surface area contributed by atoms with Crippen LogP contribution in [0.3, 0.4) is 0 Å². The zero-order valence-electron chi connectivity index (χ0n) is 27.4. The molecule has 5 rings (SSSR count). The van der Waals surface area contributed by atoms with E-state index in [4.69, 9.17) is 21.0 Å². The monoisotopic (exact) mass is 753 g/mol. The van der Waals surface area contributed by atoms with Crippen molar-refractivity contribution < 1.29 is 55.4 Å². The number of carboxylic acids is 1. The smallest absolute Gasteiger partial charge is 0.351 e. The van der Waals surface area contributed by atoms with Gasteiger partial charge in [0, 0.05) is 18.5 Å². The van der Waals surface area contributed by atoms with Gasteiger partial charge in [-0.2, -0.15) is 14.0 Å². The van der Waals surface area contributed by atoms with Crippen molar-refractivity contribution in [3.05, 3.63) is 47.7 Å². The van der Waals surface area contributed by atoms with Gasteiger partial charge in [0.2, 0.25) is 23.1 Å². The van der Waals surface area contributed by atoms with Crippen molar-refractivity contribution in [1.29, 1.82) is 0 Å². The van der Waals surface area contributed by atoms with E-state index >= 15 is 0 Å². The molecule has 7 N–H and O–H groups in total. The molecule has 2 aliphatic heterocycles. The Morgan fingerprint density at radius 3 is 2.55 bits per heavy atom. The molecule has 276 valence electrons. The molecule has 1 unspecified atom stereocenters. The largest absolute Gasteiger partial charge is 0.724 e. The van der Waals surface area contributed by atoms with Gasteiger partial charge in [0.25, 0.3) is 17.9 Å². The number of nitrogens with one attached hydrogen (secondary N) is 2. The molecule has 22 heteroatoms. The topological polar surface area (TPSA) is 270 Å². The van der Waals surface area contributed by atoms with E-state index < -0.39 is 63.9 Å². The van der Waals surface area contributed by atoms with Gasteiger partial charge in [-0.15, -0.1) is 16.0 Å². The summed E-state index contributed by atoms with van der Waals surface area (Å²) < 4.78 is 61.5. The Labute approximate surface area is 294 Å². The average molecular weight is 754 g/mol. The number of alkyl halides is 1. The number of thiazole rings is 1. The summed E-state index contributed by atoms with van der Waals surface area (Å²) in [5.41, 5.74) is 9.53. The molecule has 2 aliphatic rings. The second-order valence-electron chi connectivity index (χ2n) is 12.3. The number of aliphatic carboxylic acids is 1. The van der Waals surface area contributed by atoms with E-state index in [-0.39, 0.29) is 30.5 Å². The Hall–Kier alpha value is -4.74. The summed E-state index contributed by atoms with van der Waals surface area (Å²) in [7, 11) is -5.28. The SMILES string of the molecule is CC1(C)C(NC(=O)/C(=N\O[C@@H](COc2ccc(-c3cn(CCCN)[n+](CC4(F)CNC4)c3)cc2)C(=O)O)c2csc(N)n2)C(=O)N1OS(=O)(=O)[O-]. The van der Waals surface area contributed by atoms with Crippen molar-refractivity contribution in [2.75, 3.05) is 32.0 Å². The first-order valence-corrected chi connectivity index (χ1v) is 17.6. The van der Waals surface area contributed by atoms with Gasteiger partial charge in [-0.1, -0.05) is 17.3 Å². The lowest BCUT2D eigenvalue weighted by Crippen LogP contribution is -2.76. The molecule has 0 radical (unpaired) electrons. The van der Waals surface area contributed by atoms with Crippen molar-refractivity contribution in [2.45, 2.75) is 56.7 Å². The van der Waals surface area contributed by atoms with Crippen LogP contribution in [0.2, 0.25) is 0 Å². The highest BCUT2D eigenvalue weighted by Gasteiger charge is 2.57. The number of nitrogens with two attached hydrogens (primary N) is 2. The van der Waals surface area contributed by atoms with E-state index in [0.717, 1.165) is 22.5 Å². The quantitative estimate of drug-likeness (QED) is 0.0273. The molecule has 4 heterocycles. The Morgan fingerprint density at radius 2 is 2.00 bits per heavy atom. The second kappa shape index (κ2) is 14.9. The molecule has 3 aromatic rings. The van der Waals surface area contributed by atoms with Crippen molar-refractivity contribution in [3.8, 4) is 16.9 Å². The number of oxime groups is 1. The third kappa shape index (κ3) is 8.77. The van der Waals surface area contributed by atoms with Crippen LogP contribution < -0.4 is 31.5 Å². The lowest BCUT2D eigenvalue weighted by molar-refractivity contribution is -0.784. The van der Waals surface area contributed by atoms with E-state index in [2.05, 4.69) is 25.1 Å². The van der Waals surface area contributed by atoms with Gasteiger partial charge in [-0.05, 0) is 44.5 Å². The molecule has 2 aromatic heterocycles. The molecular weight excluding hydrogens is 718 g/mol. The van der Waals surface area contributed by atoms with Crippen molar-refractivity contribution in [1.82, 2.24) is 25.4 Å². The van der Waals surface area contributed by atoms with E-state index in [1.807, 2.05) is 21.8 Å². The summed E-state index contributed by atoms with van der Waals surface area (Å²) in [6.45, 7) is 3.94. The van der Waals surface area contributed by atoms with Gasteiger partial charge < -0.3 is 41.3 Å². The minimum Gasteiger partial charge on any atom is -0.724 e. The third-order valence-corrected chi connectivity index (χ3v) is 9.07. The number of carbonyl (C=O) groups is 3. The van der Waals surface area contributed by atoms with Gasteiger partial charge in [-0.3, -0.25) is 9.59 Å². The summed E-state index contributed by atoms with van der Waals surface area (Å²) >= 11 is 0.940. The predicted molar refractivity (Wildman–Crippen MR) is 175 cm³/mol. The van der Waals surface area contributed by atoms with E-state index in [9.17, 15) is 36.9 Å². The van der Waals surface area contributed by atoms with Crippen LogP contribution in [0.25, 0.3) is 11.1 Å². The minimum absolute atomic E-state index is 0.0382. The summed E-state index contributed by atoms with van der Waals surface area (Å²) in [4.78, 5) is 47.0. The first kappa shape index (κ1) is 37.5. The molecule has 2 atom stereocenters. The van der Waals surface area contributed by atoms with Gasteiger partial charge in [0.1, 0.15) is 24.1 Å². The summed E-state index contributed by atoms with van der Waals surface area (Å²) in [6.07, 6.45) is 2.74. The number of benzene rings is 1. The molecule has 2 amide bonds. The van der Waals surface area contributed by atoms with Crippen molar-refractivity contribution >= 4 is 50.4 Å². The second-order valence-corrected chi connectivity index (χ2v) is 14.2. The third-order valence-electron chi connectivity index (χ3n) is 8.06. The number of halogens is 1. The number of hydrogen-bond donors (Lipinski definition) is 5. The maximum absolute atomic E-state index is 14.9. The maximum atomic E-state index is 14.9. The zero-order chi connectivity index (χ0) is 37.1. The molecule has 0 spiro atoms. The number of aromatic nitrogens is 3. The number of nitrogen functional groups attached to an aromatic ring is 1. The van der Waals surface area contributed by atoms with Gasteiger partial charge >= 0.3 is 5.97 Å². The molecule has 19 nitrogen and oxygen atoms in total. The van der Waals surface area contributed by atoms with Crippen LogP contribution in [-0.2, 0) is 47.0 Å². The number of β-lactam (4-membered cyclic amide) rings is 1. The van der Waals surface area contributed by atoms with E-state index in [1.165, 1.54) is 19.2 Å². The molecule has 2 saturated heterocycles. The molecule has 1 aromatic carbocycles. The number of nitrogens with zero attached hydrogens (tertiary/aromatic N) is 5. The number of amides is 2. The van der Waals surface area contributed by atoms with Crippen LogP contribution in [0.5, 0.6) is 5.75 Å². The number of carboxylic acid groups (broad SMARTS) is 1. The summed E-state index contributed by atoms with van der Waals surface area (Å²) in [5, 5.41) is 20.5. The van der Waals surface area contributed by atoms with E-state index in [1.54, 1.807) is 24.3 Å². The lowest BCUT2D eigenvalue weighted by atomic mass is 9.84. The molecule has 51 heavy (non-hydrogen) atoms. The van der Waals surface area contributed by atoms with Crippen LogP contribution in [-0.4, -0.2) is 106 Å². The summed E-state index contributed by atoms with van der Waals surface area (Å²) in [6, 6.07) is 5.37. The highest BCUT2D eigenvalue weighted by atomic mass is 32.3. The highest BCUT2D eigenvalue weighted by molar-refractivity contribution is 7.80. The van der Waals surface area contributed by atoms with Crippen LogP contribution in [0.15, 0.2) is 47.2 Å². The molecule has 0 bridgehead atoms. The van der Waals surface area contributed by atoms with Gasteiger partial charge in [0.15, 0.2) is 16.5 Å². The van der Waals surface area contributed by atoms with E-state index in [0.29, 0.717) is 30.3 Å². The highest BCUT2D eigenvalue weighted by Crippen LogP contribution is 2.33. The number of ether oxygens (including phenoxy) is 1. The normalized spacial score (nSPS) is 18.8. The Balaban J connectivity index is 1.26. The zero-order valence-corrected chi connectivity index (χ0v) is 29.0. The van der Waals surface area contributed by atoms with Gasteiger partial charge in [0.05, 0.1) is 23.8 Å². The van der Waals surface area contributed by atoms with Crippen LogP contribution in [0.4, 0.5) is 9.52 Å². The lowest BCUT2D eigenvalue weighted by Gasteiger charge is -2.51. The Kier molecular flexibility index (Phi) is 10.9. The van der Waals surface area contributed by atoms with Gasteiger partial charge in [-0.25, -0.2) is 22.6 Å². The number of rotatable bonds is 17. The number of anilines is 1. The number of carbonyl (C=O) groups excluding carboxylic acids is 2. The fraction of sp³-hybridized carbons (Fsp3) is 0.448. The molecule has 2 fully saturated rings. The van der Waals surface area contributed by atoms with Crippen molar-refractivity contribution in [3.63, 3.8) is 0 Å². The fourth-order valence-corrected chi connectivity index (χ4v) is 6.22. The number of aryl methyl sites for hydroxylation is 1. The average Bonchev–Trinajstić information content (AvgIpc) is 3.67. The fourth-order valence-electron chi connectivity index (χ4n) is 5.23. The number of hydrogen-bond acceptors (Lipinski definition) is 15. The standard InChI is InChI=1S/C29H36FN9O10S2/c1-28(2)23(25(41)39(28)49-51(44,45)46)35-24(40)22(20-13-50-27(32)34-20)36-48-21(26(42)43)12-47-19-6-4-17(5-7-19)18-10-37(9-3-8-31)38(11-18)16-29(30)14-33-15-29/h4-7,10-11,13,21,23,33H,3,8-9,12,14-16,31H2,1-2H3,(H4-,32,34,35,40,42,43,44,45,46)/b36-22-/t21-,23?/m0/s1. The van der Waals surface area contributed by atoms with Crippen LogP contribution in [0, 0.1) is 0 Å². The van der Waals surface area contributed by atoms with Crippen molar-refractivity contribution in [2.24, 2.45) is 10.9 Å². The number of hydroxylamine groups is 2. The van der Waals surface area contributed by atoms with Crippen LogP contribution >= 0.6 is 11.3 Å². The predicted octanol–water partition coefficient (Wildman–Crippen LogP) is -1.11. The Bertz CT molecular complexity index is 1910. The maximum Gasteiger partial charge on any atom is 0.351 e. The molecule has 0 aliphatic carbocycles. The van der Waals surface area contributed by atoms with Crippen LogP contribution in [0.1, 0.15) is 26.0 Å². The molecular formula is C29H36FN9O10S2.